The summed E-state index contributed by atoms with van der Waals surface area (Å²) < 4.78 is 5.33. The molecule has 4 nitrogen and oxygen atoms in total. The Labute approximate surface area is 136 Å². The molecule has 0 fully saturated rings. The number of esters is 1. The molecule has 0 amide bonds. The summed E-state index contributed by atoms with van der Waals surface area (Å²) in [6, 6.07) is 17.8. The second kappa shape index (κ2) is 7.09. The molecule has 1 atom stereocenters. The van der Waals surface area contributed by atoms with Crippen LogP contribution in [0.3, 0.4) is 0 Å². The van der Waals surface area contributed by atoms with Crippen LogP contribution in [0.2, 0.25) is 0 Å². The van der Waals surface area contributed by atoms with Gasteiger partial charge in [0.05, 0.1) is 24.5 Å². The van der Waals surface area contributed by atoms with E-state index < -0.39 is 0 Å². The Morgan fingerprint density at radius 2 is 1.91 bits per heavy atom. The molecule has 2 aromatic rings. The molecule has 3 rings (SSSR count). The third-order valence-corrected chi connectivity index (χ3v) is 3.90. The number of ether oxygens (including phenoxy) is 1. The number of carbonyl (C=O) groups is 1. The summed E-state index contributed by atoms with van der Waals surface area (Å²) in [4.78, 5) is 18.5. The van der Waals surface area contributed by atoms with Crippen molar-refractivity contribution in [3.05, 3.63) is 71.3 Å². The zero-order chi connectivity index (χ0) is 16.1. The first-order valence-electron chi connectivity index (χ1n) is 7.78. The van der Waals surface area contributed by atoms with Gasteiger partial charge in [0.1, 0.15) is 6.61 Å². The van der Waals surface area contributed by atoms with Crippen molar-refractivity contribution in [2.24, 2.45) is 4.99 Å². The van der Waals surface area contributed by atoms with Crippen LogP contribution in [0.25, 0.3) is 0 Å². The number of rotatable bonds is 5. The van der Waals surface area contributed by atoms with Gasteiger partial charge in [-0.05, 0) is 24.6 Å². The Morgan fingerprint density at radius 3 is 2.65 bits per heavy atom. The van der Waals surface area contributed by atoms with E-state index in [-0.39, 0.29) is 12.0 Å². The molecule has 0 spiro atoms. The van der Waals surface area contributed by atoms with Gasteiger partial charge in [-0.25, -0.2) is 4.79 Å². The molecule has 0 N–H and O–H groups in total. The lowest BCUT2D eigenvalue weighted by atomic mass is 10.1. The van der Waals surface area contributed by atoms with E-state index in [1.807, 2.05) is 43.6 Å². The number of carbonyl (C=O) groups excluding carboxylic acids is 1. The molecule has 4 heteroatoms. The lowest BCUT2D eigenvalue weighted by molar-refractivity contribution is 0.0488. The lowest BCUT2D eigenvalue weighted by Crippen LogP contribution is -2.26. The van der Waals surface area contributed by atoms with Crippen LogP contribution in [0.4, 0.5) is 0 Å². The molecule has 0 bridgehead atoms. The fourth-order valence-corrected chi connectivity index (χ4v) is 2.54. The maximum Gasteiger partial charge on any atom is 0.338 e. The molecule has 1 heterocycles. The molecule has 1 aliphatic heterocycles. The van der Waals surface area contributed by atoms with Crippen molar-refractivity contribution in [3.8, 4) is 0 Å². The van der Waals surface area contributed by atoms with E-state index in [2.05, 4.69) is 22.0 Å². The summed E-state index contributed by atoms with van der Waals surface area (Å²) in [6.45, 7) is 3.84. The zero-order valence-electron chi connectivity index (χ0n) is 13.2. The van der Waals surface area contributed by atoms with Gasteiger partial charge in [0.2, 0.25) is 0 Å². The standard InChI is InChI=1S/C19H20N2O2/c1-15-7-9-17(10-8-15)19(22)23-12-11-21-13-18(20-14-21)16-5-3-2-4-6-16/h2-10,14,18H,11-13H2,1H3. The van der Waals surface area contributed by atoms with Crippen molar-refractivity contribution in [2.75, 3.05) is 19.7 Å². The fraction of sp³-hybridized carbons (Fsp3) is 0.263. The summed E-state index contributed by atoms with van der Waals surface area (Å²) in [5, 5.41) is 0. The van der Waals surface area contributed by atoms with E-state index in [4.69, 9.17) is 4.74 Å². The van der Waals surface area contributed by atoms with Crippen LogP contribution in [-0.2, 0) is 4.74 Å². The molecule has 1 unspecified atom stereocenters. The minimum absolute atomic E-state index is 0.170. The van der Waals surface area contributed by atoms with Crippen molar-refractivity contribution < 1.29 is 9.53 Å². The molecule has 2 aromatic carbocycles. The first-order chi connectivity index (χ1) is 11.2. The smallest absolute Gasteiger partial charge is 0.338 e. The highest BCUT2D eigenvalue weighted by molar-refractivity contribution is 5.89. The summed E-state index contributed by atoms with van der Waals surface area (Å²) in [5.74, 6) is -0.277. The summed E-state index contributed by atoms with van der Waals surface area (Å²) in [7, 11) is 0. The second-order valence-corrected chi connectivity index (χ2v) is 5.69. The van der Waals surface area contributed by atoms with Gasteiger partial charge in [-0.1, -0.05) is 48.0 Å². The van der Waals surface area contributed by atoms with Gasteiger partial charge in [-0.15, -0.1) is 0 Å². The van der Waals surface area contributed by atoms with Gasteiger partial charge in [0, 0.05) is 6.54 Å². The van der Waals surface area contributed by atoms with Crippen LogP contribution in [0.15, 0.2) is 59.6 Å². The van der Waals surface area contributed by atoms with Crippen molar-refractivity contribution in [1.82, 2.24) is 4.90 Å². The van der Waals surface area contributed by atoms with Gasteiger partial charge >= 0.3 is 5.97 Å². The van der Waals surface area contributed by atoms with E-state index in [1.165, 1.54) is 5.56 Å². The third kappa shape index (κ3) is 3.97. The van der Waals surface area contributed by atoms with Crippen LogP contribution >= 0.6 is 0 Å². The van der Waals surface area contributed by atoms with E-state index in [1.54, 1.807) is 12.1 Å². The monoisotopic (exact) mass is 308 g/mol. The first-order valence-corrected chi connectivity index (χ1v) is 7.78. The van der Waals surface area contributed by atoms with Gasteiger partial charge in [-0.2, -0.15) is 0 Å². The maximum atomic E-state index is 11.9. The Kier molecular flexibility index (Phi) is 4.71. The normalized spacial score (nSPS) is 16.6. The average molecular weight is 308 g/mol. The minimum Gasteiger partial charge on any atom is -0.460 e. The topological polar surface area (TPSA) is 41.9 Å². The summed E-state index contributed by atoms with van der Waals surface area (Å²) >= 11 is 0. The minimum atomic E-state index is -0.277. The molecule has 118 valence electrons. The fourth-order valence-electron chi connectivity index (χ4n) is 2.54. The van der Waals surface area contributed by atoms with E-state index in [9.17, 15) is 4.79 Å². The molecule has 0 saturated heterocycles. The highest BCUT2D eigenvalue weighted by Gasteiger charge is 2.18. The Hall–Kier alpha value is -2.62. The molecule has 0 radical (unpaired) electrons. The third-order valence-electron chi connectivity index (χ3n) is 3.90. The number of nitrogens with zero attached hydrogens (tertiary/aromatic N) is 2. The lowest BCUT2D eigenvalue weighted by Gasteiger charge is -2.16. The summed E-state index contributed by atoms with van der Waals surface area (Å²) in [6.07, 6.45) is 1.84. The van der Waals surface area contributed by atoms with Crippen molar-refractivity contribution in [1.29, 1.82) is 0 Å². The molecular weight excluding hydrogens is 288 g/mol. The quantitative estimate of drug-likeness (QED) is 0.796. The maximum absolute atomic E-state index is 11.9. The van der Waals surface area contributed by atoms with Crippen LogP contribution < -0.4 is 0 Å². The van der Waals surface area contributed by atoms with Gasteiger partial charge in [0.25, 0.3) is 0 Å². The largest absolute Gasteiger partial charge is 0.460 e. The van der Waals surface area contributed by atoms with Crippen LogP contribution in [0.5, 0.6) is 0 Å². The molecule has 0 saturated carbocycles. The van der Waals surface area contributed by atoms with Crippen LogP contribution in [0, 0.1) is 6.92 Å². The Balaban J connectivity index is 1.44. The SMILES string of the molecule is Cc1ccc(C(=O)OCCN2C=NC(c3ccccc3)C2)cc1. The Bertz CT molecular complexity index is 680. The molecule has 0 aliphatic carbocycles. The highest BCUT2D eigenvalue weighted by Crippen LogP contribution is 2.21. The average Bonchev–Trinajstić information content (AvgIpc) is 3.05. The molecule has 23 heavy (non-hydrogen) atoms. The number of hydrogen-bond acceptors (Lipinski definition) is 4. The molecular formula is C19H20N2O2. The predicted molar refractivity (Wildman–Crippen MR) is 90.7 cm³/mol. The number of hydrogen-bond donors (Lipinski definition) is 0. The van der Waals surface area contributed by atoms with Crippen molar-refractivity contribution in [3.63, 3.8) is 0 Å². The number of benzene rings is 2. The molecule has 0 aromatic heterocycles. The van der Waals surface area contributed by atoms with Crippen molar-refractivity contribution >= 4 is 12.3 Å². The van der Waals surface area contributed by atoms with E-state index in [0.29, 0.717) is 18.7 Å². The second-order valence-electron chi connectivity index (χ2n) is 5.69. The summed E-state index contributed by atoms with van der Waals surface area (Å²) in [5.41, 5.74) is 2.93. The van der Waals surface area contributed by atoms with Gasteiger partial charge in [0.15, 0.2) is 0 Å². The number of aryl methyl sites for hydroxylation is 1. The van der Waals surface area contributed by atoms with E-state index >= 15 is 0 Å². The van der Waals surface area contributed by atoms with Crippen LogP contribution in [-0.4, -0.2) is 36.9 Å². The van der Waals surface area contributed by atoms with E-state index in [0.717, 1.165) is 12.1 Å². The van der Waals surface area contributed by atoms with Gasteiger partial charge < -0.3 is 9.64 Å². The first kappa shape index (κ1) is 15.3. The van der Waals surface area contributed by atoms with Gasteiger partial charge in [-0.3, -0.25) is 4.99 Å². The number of aliphatic imine (C=N–C) groups is 1. The molecule has 1 aliphatic rings. The predicted octanol–water partition coefficient (Wildman–Crippen LogP) is 3.24. The Morgan fingerprint density at radius 1 is 1.17 bits per heavy atom. The van der Waals surface area contributed by atoms with Crippen LogP contribution in [0.1, 0.15) is 27.5 Å². The zero-order valence-corrected chi connectivity index (χ0v) is 13.2. The highest BCUT2D eigenvalue weighted by atomic mass is 16.5. The van der Waals surface area contributed by atoms with Crippen molar-refractivity contribution in [2.45, 2.75) is 13.0 Å².